The van der Waals surface area contributed by atoms with Crippen LogP contribution in [0, 0.1) is 5.92 Å². The van der Waals surface area contributed by atoms with Crippen molar-refractivity contribution in [2.24, 2.45) is 5.92 Å². The number of methoxy groups -OCH3 is 1. The molecule has 1 aromatic carbocycles. The van der Waals surface area contributed by atoms with Gasteiger partial charge in [0, 0.05) is 6.54 Å². The average molecular weight is 340 g/mol. The molecule has 0 aliphatic carbocycles. The Labute approximate surface area is 137 Å². The lowest BCUT2D eigenvalue weighted by Gasteiger charge is -2.19. The van der Waals surface area contributed by atoms with Crippen LogP contribution < -0.4 is 15.4 Å². The molecule has 7 heteroatoms. The lowest BCUT2D eigenvalue weighted by Crippen LogP contribution is -2.40. The van der Waals surface area contributed by atoms with Crippen molar-refractivity contribution in [3.8, 4) is 5.75 Å². The zero-order valence-corrected chi connectivity index (χ0v) is 14.4. The molecule has 1 aliphatic heterocycles. The highest BCUT2D eigenvalue weighted by molar-refractivity contribution is 7.91. The van der Waals surface area contributed by atoms with Crippen LogP contribution in [0.3, 0.4) is 0 Å². The topological polar surface area (TPSA) is 84.5 Å². The third kappa shape index (κ3) is 5.13. The summed E-state index contributed by atoms with van der Waals surface area (Å²) in [6, 6.07) is 7.22. The summed E-state index contributed by atoms with van der Waals surface area (Å²) in [6.45, 7) is 2.39. The molecule has 128 valence electrons. The van der Waals surface area contributed by atoms with Gasteiger partial charge in [0.05, 0.1) is 24.7 Å². The second-order valence-corrected chi connectivity index (χ2v) is 8.09. The molecule has 1 saturated heterocycles. The molecular weight excluding hydrogens is 316 g/mol. The molecule has 2 amide bonds. The predicted molar refractivity (Wildman–Crippen MR) is 89.3 cm³/mol. The summed E-state index contributed by atoms with van der Waals surface area (Å²) < 4.78 is 27.9. The molecule has 1 fully saturated rings. The molecular formula is C16H24N2O4S. The molecule has 2 atom stereocenters. The standard InChI is InChI=1S/C16H24N2O4S/c1-3-15(13-4-6-14(22-2)7-5-13)18-16(19)17-10-12-8-9-23(20,21)11-12/h4-7,12,15H,3,8-11H2,1-2H3,(H2,17,18,19)/t12-,15+/m0/s1. The Kier molecular flexibility index (Phi) is 5.87. The summed E-state index contributed by atoms with van der Waals surface area (Å²) >= 11 is 0. The van der Waals surface area contributed by atoms with Gasteiger partial charge in [0.25, 0.3) is 0 Å². The summed E-state index contributed by atoms with van der Waals surface area (Å²) in [6.07, 6.45) is 1.38. The SMILES string of the molecule is CC[C@@H](NC(=O)NC[C@@H]1CCS(=O)(=O)C1)c1ccc(OC)cc1. The van der Waals surface area contributed by atoms with E-state index in [2.05, 4.69) is 10.6 Å². The second kappa shape index (κ2) is 7.68. The summed E-state index contributed by atoms with van der Waals surface area (Å²) in [5, 5.41) is 5.71. The fourth-order valence-corrected chi connectivity index (χ4v) is 4.60. The van der Waals surface area contributed by atoms with Crippen LogP contribution in [-0.2, 0) is 9.84 Å². The van der Waals surface area contributed by atoms with E-state index in [0.717, 1.165) is 17.7 Å². The Hall–Kier alpha value is -1.76. The fraction of sp³-hybridized carbons (Fsp3) is 0.562. The van der Waals surface area contributed by atoms with Crippen LogP contribution in [-0.4, -0.2) is 39.6 Å². The zero-order chi connectivity index (χ0) is 16.9. The molecule has 1 aliphatic rings. The van der Waals surface area contributed by atoms with Gasteiger partial charge in [-0.05, 0) is 36.5 Å². The van der Waals surface area contributed by atoms with Crippen LogP contribution in [0.5, 0.6) is 5.75 Å². The quantitative estimate of drug-likeness (QED) is 0.828. The minimum atomic E-state index is -2.90. The van der Waals surface area contributed by atoms with E-state index < -0.39 is 9.84 Å². The fourth-order valence-electron chi connectivity index (χ4n) is 2.74. The minimum Gasteiger partial charge on any atom is -0.497 e. The van der Waals surface area contributed by atoms with Crippen LogP contribution in [0.1, 0.15) is 31.4 Å². The number of nitrogens with one attached hydrogen (secondary N) is 2. The van der Waals surface area contributed by atoms with Crippen LogP contribution in [0.15, 0.2) is 24.3 Å². The Morgan fingerprint density at radius 1 is 1.35 bits per heavy atom. The highest BCUT2D eigenvalue weighted by atomic mass is 32.2. The van der Waals surface area contributed by atoms with E-state index in [1.165, 1.54) is 0 Å². The Balaban J connectivity index is 1.84. The number of benzene rings is 1. The van der Waals surface area contributed by atoms with Gasteiger partial charge in [-0.3, -0.25) is 0 Å². The van der Waals surface area contributed by atoms with Gasteiger partial charge in [0.15, 0.2) is 9.84 Å². The minimum absolute atomic E-state index is 0.0202. The van der Waals surface area contributed by atoms with E-state index in [9.17, 15) is 13.2 Å². The second-order valence-electron chi connectivity index (χ2n) is 5.86. The first-order valence-corrected chi connectivity index (χ1v) is 9.64. The third-order valence-corrected chi connectivity index (χ3v) is 5.95. The molecule has 1 heterocycles. The lowest BCUT2D eigenvalue weighted by molar-refractivity contribution is 0.235. The molecule has 2 N–H and O–H groups in total. The third-order valence-electron chi connectivity index (χ3n) is 4.11. The molecule has 0 saturated carbocycles. The van der Waals surface area contributed by atoms with Gasteiger partial charge >= 0.3 is 6.03 Å². The van der Waals surface area contributed by atoms with E-state index in [1.54, 1.807) is 7.11 Å². The molecule has 23 heavy (non-hydrogen) atoms. The summed E-state index contributed by atoms with van der Waals surface area (Å²) in [4.78, 5) is 12.0. The van der Waals surface area contributed by atoms with Crippen molar-refractivity contribution in [3.63, 3.8) is 0 Å². The average Bonchev–Trinajstić information content (AvgIpc) is 2.90. The van der Waals surface area contributed by atoms with E-state index in [0.29, 0.717) is 13.0 Å². The molecule has 1 aromatic rings. The van der Waals surface area contributed by atoms with Crippen LogP contribution in [0.2, 0.25) is 0 Å². The van der Waals surface area contributed by atoms with Crippen molar-refractivity contribution in [1.29, 1.82) is 0 Å². The van der Waals surface area contributed by atoms with Crippen molar-refractivity contribution >= 4 is 15.9 Å². The van der Waals surface area contributed by atoms with Gasteiger partial charge in [-0.2, -0.15) is 0 Å². The molecule has 2 rings (SSSR count). The number of carbonyl (C=O) groups excluding carboxylic acids is 1. The number of rotatable bonds is 6. The van der Waals surface area contributed by atoms with Crippen LogP contribution in [0.25, 0.3) is 0 Å². The van der Waals surface area contributed by atoms with Gasteiger partial charge in [0.2, 0.25) is 0 Å². The van der Waals surface area contributed by atoms with Crippen molar-refractivity contribution in [1.82, 2.24) is 10.6 Å². The maximum absolute atomic E-state index is 12.0. The number of hydrogen-bond donors (Lipinski definition) is 2. The van der Waals surface area contributed by atoms with E-state index >= 15 is 0 Å². The number of ether oxygens (including phenoxy) is 1. The maximum Gasteiger partial charge on any atom is 0.315 e. The van der Waals surface area contributed by atoms with E-state index in [-0.39, 0.29) is 29.5 Å². The smallest absolute Gasteiger partial charge is 0.315 e. The Morgan fingerprint density at radius 2 is 2.04 bits per heavy atom. The molecule has 0 aromatic heterocycles. The molecule has 0 unspecified atom stereocenters. The number of carbonyl (C=O) groups is 1. The first-order chi connectivity index (χ1) is 10.9. The van der Waals surface area contributed by atoms with Crippen molar-refractivity contribution in [3.05, 3.63) is 29.8 Å². The van der Waals surface area contributed by atoms with Gasteiger partial charge in [-0.1, -0.05) is 19.1 Å². The van der Waals surface area contributed by atoms with Gasteiger partial charge < -0.3 is 15.4 Å². The largest absolute Gasteiger partial charge is 0.497 e. The first kappa shape index (κ1) is 17.6. The lowest BCUT2D eigenvalue weighted by atomic mass is 10.0. The number of urea groups is 1. The number of amides is 2. The van der Waals surface area contributed by atoms with Crippen molar-refractivity contribution < 1.29 is 17.9 Å². The maximum atomic E-state index is 12.0. The number of hydrogen-bond acceptors (Lipinski definition) is 4. The molecule has 0 radical (unpaired) electrons. The first-order valence-electron chi connectivity index (χ1n) is 7.82. The van der Waals surface area contributed by atoms with Crippen molar-refractivity contribution in [2.75, 3.05) is 25.2 Å². The van der Waals surface area contributed by atoms with Crippen LogP contribution in [0.4, 0.5) is 4.79 Å². The zero-order valence-electron chi connectivity index (χ0n) is 13.5. The molecule has 0 bridgehead atoms. The summed E-state index contributed by atoms with van der Waals surface area (Å²) in [7, 11) is -1.29. The predicted octanol–water partition coefficient (Wildman–Crippen LogP) is 1.88. The van der Waals surface area contributed by atoms with Crippen LogP contribution >= 0.6 is 0 Å². The Morgan fingerprint density at radius 3 is 2.57 bits per heavy atom. The van der Waals surface area contributed by atoms with Gasteiger partial charge in [0.1, 0.15) is 5.75 Å². The monoisotopic (exact) mass is 340 g/mol. The van der Waals surface area contributed by atoms with Crippen molar-refractivity contribution in [2.45, 2.75) is 25.8 Å². The van der Waals surface area contributed by atoms with Gasteiger partial charge in [-0.15, -0.1) is 0 Å². The van der Waals surface area contributed by atoms with E-state index in [4.69, 9.17) is 4.74 Å². The normalized spacial score (nSPS) is 20.7. The number of sulfone groups is 1. The van der Waals surface area contributed by atoms with E-state index in [1.807, 2.05) is 31.2 Å². The summed E-state index contributed by atoms with van der Waals surface area (Å²) in [5.74, 6) is 1.19. The molecule has 6 nitrogen and oxygen atoms in total. The van der Waals surface area contributed by atoms with Gasteiger partial charge in [-0.25, -0.2) is 13.2 Å². The molecule has 0 spiro atoms. The summed E-state index contributed by atoms with van der Waals surface area (Å²) in [5.41, 5.74) is 1.01. The highest BCUT2D eigenvalue weighted by Crippen LogP contribution is 2.20. The highest BCUT2D eigenvalue weighted by Gasteiger charge is 2.28. The Bertz CT molecular complexity index is 628.